The molecule has 30 heavy (non-hydrogen) atoms. The molecular weight excluding hydrogens is 461 g/mol. The summed E-state index contributed by atoms with van der Waals surface area (Å²) in [4.78, 5) is 24.2. The van der Waals surface area contributed by atoms with E-state index in [-0.39, 0.29) is 22.1 Å². The minimum atomic E-state index is -4.49. The maximum absolute atomic E-state index is 12.7. The molecule has 0 radical (unpaired) electrons. The quantitative estimate of drug-likeness (QED) is 0.381. The first-order valence-electron chi connectivity index (χ1n) is 8.21. The van der Waals surface area contributed by atoms with Gasteiger partial charge in [0.15, 0.2) is 4.34 Å². The molecule has 0 spiro atoms. The molecule has 6 nitrogen and oxygen atoms in total. The number of nitrogens with zero attached hydrogens (tertiary/aromatic N) is 2. The summed E-state index contributed by atoms with van der Waals surface area (Å²) in [5, 5.41) is 13.2. The molecule has 3 rings (SSSR count). The molecule has 156 valence electrons. The Morgan fingerprint density at radius 1 is 1.07 bits per heavy atom. The van der Waals surface area contributed by atoms with Gasteiger partial charge in [0, 0.05) is 5.69 Å². The first-order valence-corrected chi connectivity index (χ1v) is 10.4. The number of halogens is 4. The Morgan fingerprint density at radius 3 is 2.57 bits per heavy atom. The maximum Gasteiger partial charge on any atom is 0.416 e. The van der Waals surface area contributed by atoms with Crippen molar-refractivity contribution in [2.45, 2.75) is 10.5 Å². The molecule has 1 aromatic heterocycles. The number of amides is 2. The number of carbonyl (C=O) groups excluding carboxylic acids is 2. The molecule has 3 aromatic rings. The Kier molecular flexibility index (Phi) is 6.95. The van der Waals surface area contributed by atoms with E-state index in [2.05, 4.69) is 20.8 Å². The molecule has 2 aromatic carbocycles. The van der Waals surface area contributed by atoms with Crippen LogP contribution in [0.2, 0.25) is 5.02 Å². The fourth-order valence-electron chi connectivity index (χ4n) is 2.23. The highest BCUT2D eigenvalue weighted by Gasteiger charge is 2.30. The lowest BCUT2D eigenvalue weighted by molar-refractivity contribution is -0.137. The predicted molar refractivity (Wildman–Crippen MR) is 110 cm³/mol. The molecule has 0 saturated heterocycles. The summed E-state index contributed by atoms with van der Waals surface area (Å²) in [6, 6.07) is 10.9. The zero-order chi connectivity index (χ0) is 21.7. The molecule has 0 fully saturated rings. The molecule has 2 N–H and O–H groups in total. The number of rotatable bonds is 6. The highest BCUT2D eigenvalue weighted by molar-refractivity contribution is 8.01. The molecule has 12 heteroatoms. The number of hydrogen-bond acceptors (Lipinski definition) is 6. The van der Waals surface area contributed by atoms with Crippen molar-refractivity contribution in [1.82, 2.24) is 10.2 Å². The summed E-state index contributed by atoms with van der Waals surface area (Å²) < 4.78 is 38.6. The van der Waals surface area contributed by atoms with Gasteiger partial charge in [-0.05, 0) is 30.3 Å². The van der Waals surface area contributed by atoms with E-state index < -0.39 is 23.6 Å². The smallest absolute Gasteiger partial charge is 0.325 e. The molecule has 0 saturated carbocycles. The summed E-state index contributed by atoms with van der Waals surface area (Å²) in [7, 11) is 0. The lowest BCUT2D eigenvalue weighted by Gasteiger charge is -2.09. The molecule has 0 unspecified atom stereocenters. The van der Waals surface area contributed by atoms with E-state index in [0.717, 1.165) is 35.2 Å². The van der Waals surface area contributed by atoms with Gasteiger partial charge in [-0.25, -0.2) is 0 Å². The lowest BCUT2D eigenvalue weighted by atomic mass is 10.2. The average Bonchev–Trinajstić information content (AvgIpc) is 3.13. The molecule has 0 bridgehead atoms. The van der Waals surface area contributed by atoms with Gasteiger partial charge in [0.1, 0.15) is 0 Å². The summed E-state index contributed by atoms with van der Waals surface area (Å²) in [6.07, 6.45) is -4.49. The van der Waals surface area contributed by atoms with Crippen LogP contribution in [0.1, 0.15) is 15.9 Å². The van der Waals surface area contributed by atoms with Gasteiger partial charge in [-0.2, -0.15) is 13.2 Å². The Morgan fingerprint density at radius 2 is 1.83 bits per heavy atom. The van der Waals surface area contributed by atoms with Crippen molar-refractivity contribution in [2.24, 2.45) is 0 Å². The van der Waals surface area contributed by atoms with Crippen LogP contribution in [0.4, 0.5) is 24.0 Å². The number of benzene rings is 2. The zero-order valence-electron chi connectivity index (χ0n) is 14.9. The summed E-state index contributed by atoms with van der Waals surface area (Å²) in [5.74, 6) is -1.05. The van der Waals surface area contributed by atoms with Crippen molar-refractivity contribution in [3.05, 3.63) is 64.7 Å². The third-order valence-corrected chi connectivity index (χ3v) is 5.85. The van der Waals surface area contributed by atoms with Gasteiger partial charge in [0.25, 0.3) is 5.91 Å². The number of carbonyl (C=O) groups is 2. The van der Waals surface area contributed by atoms with E-state index in [1.807, 2.05) is 0 Å². The van der Waals surface area contributed by atoms with Gasteiger partial charge in [-0.15, -0.1) is 10.2 Å². The molecule has 0 aliphatic carbocycles. The van der Waals surface area contributed by atoms with Crippen molar-refractivity contribution in [3.63, 3.8) is 0 Å². The predicted octanol–water partition coefficient (Wildman–Crippen LogP) is 5.19. The monoisotopic (exact) mass is 472 g/mol. The molecule has 0 atom stereocenters. The third-order valence-electron chi connectivity index (χ3n) is 3.55. The fraction of sp³-hybridized carbons (Fsp3) is 0.111. The second-order valence-electron chi connectivity index (χ2n) is 5.72. The topological polar surface area (TPSA) is 84.0 Å². The van der Waals surface area contributed by atoms with Gasteiger partial charge in [-0.3, -0.25) is 14.9 Å². The first-order chi connectivity index (χ1) is 14.2. The highest BCUT2D eigenvalue weighted by atomic mass is 35.5. The van der Waals surface area contributed by atoms with Crippen LogP contribution in [0.3, 0.4) is 0 Å². The van der Waals surface area contributed by atoms with Crippen molar-refractivity contribution in [1.29, 1.82) is 0 Å². The third kappa shape index (κ3) is 5.94. The Bertz CT molecular complexity index is 1080. The highest BCUT2D eigenvalue weighted by Crippen LogP contribution is 2.31. The summed E-state index contributed by atoms with van der Waals surface area (Å²) in [5.41, 5.74) is -0.527. The van der Waals surface area contributed by atoms with E-state index in [4.69, 9.17) is 11.6 Å². The van der Waals surface area contributed by atoms with Crippen LogP contribution in [0.15, 0.2) is 52.9 Å². The van der Waals surface area contributed by atoms with Crippen LogP contribution in [0.5, 0.6) is 0 Å². The standard InChI is InChI=1S/C18H12ClF3N4O2S2/c19-13-7-2-1-6-12(13)15(28)24-16-25-26-17(30-16)29-9-14(27)23-11-5-3-4-10(8-11)18(20,21)22/h1-8H,9H2,(H,23,27)(H,24,25,28). The van der Waals surface area contributed by atoms with Crippen LogP contribution in [-0.4, -0.2) is 27.8 Å². The van der Waals surface area contributed by atoms with Gasteiger partial charge >= 0.3 is 6.18 Å². The first kappa shape index (κ1) is 22.1. The minimum Gasteiger partial charge on any atom is -0.325 e. The number of thioether (sulfide) groups is 1. The second-order valence-corrected chi connectivity index (χ2v) is 8.33. The Hall–Kier alpha value is -2.63. The zero-order valence-corrected chi connectivity index (χ0v) is 17.3. The molecule has 1 heterocycles. The van der Waals surface area contributed by atoms with Gasteiger partial charge in [0.2, 0.25) is 11.0 Å². The van der Waals surface area contributed by atoms with Gasteiger partial charge < -0.3 is 5.32 Å². The van der Waals surface area contributed by atoms with E-state index in [9.17, 15) is 22.8 Å². The largest absolute Gasteiger partial charge is 0.416 e. The fourth-order valence-corrected chi connectivity index (χ4v) is 3.99. The maximum atomic E-state index is 12.7. The van der Waals surface area contributed by atoms with Crippen LogP contribution >= 0.6 is 34.7 Å². The summed E-state index contributed by atoms with van der Waals surface area (Å²) in [6.45, 7) is 0. The normalized spacial score (nSPS) is 11.2. The van der Waals surface area contributed by atoms with Gasteiger partial charge in [-0.1, -0.05) is 52.9 Å². The average molecular weight is 473 g/mol. The number of alkyl halides is 3. The van der Waals surface area contributed by atoms with Crippen LogP contribution in [0, 0.1) is 0 Å². The number of hydrogen-bond donors (Lipinski definition) is 2. The van der Waals surface area contributed by atoms with Crippen LogP contribution in [-0.2, 0) is 11.0 Å². The minimum absolute atomic E-state index is 0.0420. The van der Waals surface area contributed by atoms with Crippen LogP contribution < -0.4 is 10.6 Å². The van der Waals surface area contributed by atoms with E-state index in [0.29, 0.717) is 9.36 Å². The van der Waals surface area contributed by atoms with Crippen molar-refractivity contribution in [3.8, 4) is 0 Å². The lowest BCUT2D eigenvalue weighted by Crippen LogP contribution is -2.15. The van der Waals surface area contributed by atoms with Gasteiger partial charge in [0.05, 0.1) is 21.9 Å². The number of nitrogens with one attached hydrogen (secondary N) is 2. The number of anilines is 2. The molecule has 2 amide bonds. The molecule has 0 aliphatic rings. The van der Waals surface area contributed by atoms with Crippen molar-refractivity contribution in [2.75, 3.05) is 16.4 Å². The number of aromatic nitrogens is 2. The van der Waals surface area contributed by atoms with E-state index in [1.165, 1.54) is 12.1 Å². The molecule has 0 aliphatic heterocycles. The van der Waals surface area contributed by atoms with Crippen LogP contribution in [0.25, 0.3) is 0 Å². The van der Waals surface area contributed by atoms with E-state index >= 15 is 0 Å². The van der Waals surface area contributed by atoms with Crippen molar-refractivity contribution >= 4 is 57.3 Å². The van der Waals surface area contributed by atoms with E-state index in [1.54, 1.807) is 24.3 Å². The Balaban J connectivity index is 1.53. The Labute approximate surface area is 181 Å². The van der Waals surface area contributed by atoms with Crippen molar-refractivity contribution < 1.29 is 22.8 Å². The summed E-state index contributed by atoms with van der Waals surface area (Å²) >= 11 is 8.06. The molecular formula is C18H12ClF3N4O2S2. The second kappa shape index (κ2) is 9.45. The SMILES string of the molecule is O=C(CSc1nnc(NC(=O)c2ccccc2Cl)s1)Nc1cccc(C(F)(F)F)c1.